The van der Waals surface area contributed by atoms with Crippen LogP contribution in [-0.4, -0.2) is 39.8 Å². The van der Waals surface area contributed by atoms with Gasteiger partial charge in [-0.15, -0.1) is 0 Å². The van der Waals surface area contributed by atoms with Crippen LogP contribution in [0, 0.1) is 12.8 Å². The predicted molar refractivity (Wildman–Crippen MR) is 106 cm³/mol. The van der Waals surface area contributed by atoms with Crippen molar-refractivity contribution >= 4 is 17.1 Å². The average Bonchev–Trinajstić information content (AvgIpc) is 3.31. The second kappa shape index (κ2) is 7.98. The third kappa shape index (κ3) is 3.71. The lowest BCUT2D eigenvalue weighted by Crippen LogP contribution is -2.35. The summed E-state index contributed by atoms with van der Waals surface area (Å²) in [6.07, 6.45) is 2.44. The zero-order valence-corrected chi connectivity index (χ0v) is 15.9. The van der Waals surface area contributed by atoms with Crippen LogP contribution in [0.25, 0.3) is 11.2 Å². The van der Waals surface area contributed by atoms with Crippen LogP contribution in [-0.2, 0) is 22.6 Å². The van der Waals surface area contributed by atoms with E-state index in [4.69, 9.17) is 4.74 Å². The van der Waals surface area contributed by atoms with Crippen molar-refractivity contribution in [1.29, 1.82) is 0 Å². The molecule has 2 aromatic heterocycles. The first-order chi connectivity index (χ1) is 13.6. The molecule has 4 rings (SSSR count). The Hall–Kier alpha value is -2.93. The first-order valence-electron chi connectivity index (χ1n) is 9.58. The predicted octanol–water partition coefficient (Wildman–Crippen LogP) is 1.71. The van der Waals surface area contributed by atoms with Gasteiger partial charge in [-0.25, -0.2) is 9.78 Å². The maximum Gasteiger partial charge on any atom is 0.330 e. The first kappa shape index (κ1) is 18.4. The van der Waals surface area contributed by atoms with Crippen LogP contribution in [0.2, 0.25) is 0 Å². The molecule has 1 aliphatic heterocycles. The van der Waals surface area contributed by atoms with Crippen molar-refractivity contribution in [2.24, 2.45) is 5.92 Å². The molecule has 3 aromatic rings. The molecule has 1 fully saturated rings. The number of nitrogens with zero attached hydrogens (tertiary/aromatic N) is 3. The van der Waals surface area contributed by atoms with Crippen molar-refractivity contribution in [1.82, 2.24) is 19.4 Å². The van der Waals surface area contributed by atoms with Crippen LogP contribution in [0.4, 0.5) is 0 Å². The Morgan fingerprint density at radius 2 is 2.18 bits per heavy atom. The van der Waals surface area contributed by atoms with Crippen LogP contribution >= 0.6 is 0 Å². The minimum Gasteiger partial charge on any atom is -0.381 e. The van der Waals surface area contributed by atoms with Crippen LogP contribution in [0.15, 0.2) is 47.4 Å². The first-order valence-corrected chi connectivity index (χ1v) is 9.58. The topological polar surface area (TPSA) is 78.2 Å². The number of benzene rings is 1. The lowest BCUT2D eigenvalue weighted by Gasteiger charge is -2.09. The highest BCUT2D eigenvalue weighted by molar-refractivity contribution is 5.79. The molecule has 146 valence electrons. The summed E-state index contributed by atoms with van der Waals surface area (Å²) in [4.78, 5) is 29.6. The maximum absolute atomic E-state index is 13.1. The van der Waals surface area contributed by atoms with Crippen LogP contribution in [0.5, 0.6) is 0 Å². The van der Waals surface area contributed by atoms with Crippen molar-refractivity contribution in [2.75, 3.05) is 19.8 Å². The van der Waals surface area contributed by atoms with E-state index in [2.05, 4.69) is 16.4 Å². The highest BCUT2D eigenvalue weighted by Gasteiger charge is 2.23. The van der Waals surface area contributed by atoms with Crippen molar-refractivity contribution in [3.05, 3.63) is 64.2 Å². The fourth-order valence-electron chi connectivity index (χ4n) is 3.67. The van der Waals surface area contributed by atoms with Crippen molar-refractivity contribution in [3.63, 3.8) is 0 Å². The smallest absolute Gasteiger partial charge is 0.330 e. The summed E-state index contributed by atoms with van der Waals surface area (Å²) in [5.74, 6) is -0.0977. The summed E-state index contributed by atoms with van der Waals surface area (Å²) in [6, 6.07) is 11.9. The number of carbonyl (C=O) groups excluding carboxylic acids is 1. The molecule has 0 unspecified atom stereocenters. The molecule has 1 amide bonds. The van der Waals surface area contributed by atoms with Crippen molar-refractivity contribution < 1.29 is 9.53 Å². The SMILES string of the molecule is Cc1cccc(Cn2c(=O)n(CCNC(=O)[C@@H]3CCOC3)c3ncccc32)c1. The Bertz CT molecular complexity index is 1050. The van der Waals surface area contributed by atoms with Gasteiger partial charge in [0.1, 0.15) is 0 Å². The summed E-state index contributed by atoms with van der Waals surface area (Å²) < 4.78 is 8.63. The van der Waals surface area contributed by atoms with E-state index in [0.717, 1.165) is 23.1 Å². The van der Waals surface area contributed by atoms with E-state index in [0.29, 0.717) is 38.5 Å². The number of imidazole rings is 1. The number of aromatic nitrogens is 3. The molecule has 1 saturated heterocycles. The molecule has 28 heavy (non-hydrogen) atoms. The number of nitrogens with one attached hydrogen (secondary N) is 1. The average molecular weight is 380 g/mol. The number of hydrogen-bond donors (Lipinski definition) is 1. The molecule has 0 aliphatic carbocycles. The molecule has 0 bridgehead atoms. The highest BCUT2D eigenvalue weighted by atomic mass is 16.5. The normalized spacial score (nSPS) is 16.5. The van der Waals surface area contributed by atoms with E-state index in [-0.39, 0.29) is 17.5 Å². The number of hydrogen-bond acceptors (Lipinski definition) is 4. The van der Waals surface area contributed by atoms with Gasteiger partial charge in [0.15, 0.2) is 5.65 Å². The van der Waals surface area contributed by atoms with Gasteiger partial charge in [0.2, 0.25) is 5.91 Å². The Balaban J connectivity index is 1.56. The molecule has 1 aliphatic rings. The van der Waals surface area contributed by atoms with Gasteiger partial charge >= 0.3 is 5.69 Å². The van der Waals surface area contributed by atoms with Crippen LogP contribution in [0.3, 0.4) is 0 Å². The largest absolute Gasteiger partial charge is 0.381 e. The van der Waals surface area contributed by atoms with Gasteiger partial charge < -0.3 is 10.1 Å². The lowest BCUT2D eigenvalue weighted by atomic mass is 10.1. The van der Waals surface area contributed by atoms with Crippen molar-refractivity contribution in [2.45, 2.75) is 26.4 Å². The van der Waals surface area contributed by atoms with Gasteiger partial charge in [0.05, 0.1) is 24.6 Å². The lowest BCUT2D eigenvalue weighted by molar-refractivity contribution is -0.124. The van der Waals surface area contributed by atoms with Crippen molar-refractivity contribution in [3.8, 4) is 0 Å². The molecular formula is C21H24N4O3. The van der Waals surface area contributed by atoms with Gasteiger partial charge in [-0.2, -0.15) is 0 Å². The van der Waals surface area contributed by atoms with Gasteiger partial charge in [-0.3, -0.25) is 13.9 Å². The van der Waals surface area contributed by atoms with E-state index in [1.54, 1.807) is 15.3 Å². The minimum atomic E-state index is -0.117. The second-order valence-corrected chi connectivity index (χ2v) is 7.21. The fourth-order valence-corrected chi connectivity index (χ4v) is 3.67. The summed E-state index contributed by atoms with van der Waals surface area (Å²) in [7, 11) is 0. The second-order valence-electron chi connectivity index (χ2n) is 7.21. The zero-order chi connectivity index (χ0) is 19.5. The molecule has 0 spiro atoms. The molecule has 0 radical (unpaired) electrons. The Kier molecular flexibility index (Phi) is 5.25. The van der Waals surface area contributed by atoms with Crippen LogP contribution in [0.1, 0.15) is 17.5 Å². The third-order valence-corrected chi connectivity index (χ3v) is 5.13. The molecule has 0 saturated carbocycles. The number of carbonyl (C=O) groups is 1. The molecular weight excluding hydrogens is 356 g/mol. The standard InChI is InChI=1S/C21H24N4O3/c1-15-4-2-5-16(12-15)13-25-18-6-3-8-22-19(18)24(21(25)27)10-9-23-20(26)17-7-11-28-14-17/h2-6,8,12,17H,7,9-11,13-14H2,1H3,(H,23,26)/t17-/m1/s1. The zero-order valence-electron chi connectivity index (χ0n) is 15.9. The maximum atomic E-state index is 13.1. The molecule has 1 aromatic carbocycles. The monoisotopic (exact) mass is 380 g/mol. The van der Waals surface area contributed by atoms with Gasteiger partial charge in [-0.05, 0) is 31.0 Å². The summed E-state index contributed by atoms with van der Waals surface area (Å²) in [5, 5.41) is 2.92. The van der Waals surface area contributed by atoms with E-state index in [9.17, 15) is 9.59 Å². The fraction of sp³-hybridized carbons (Fsp3) is 0.381. The van der Waals surface area contributed by atoms with Gasteiger partial charge in [-0.1, -0.05) is 29.8 Å². The Labute approximate surface area is 163 Å². The minimum absolute atomic E-state index is 0.0120. The third-order valence-electron chi connectivity index (χ3n) is 5.13. The molecule has 3 heterocycles. The number of aryl methyl sites for hydroxylation is 1. The van der Waals surface area contributed by atoms with E-state index in [1.165, 1.54) is 0 Å². The van der Waals surface area contributed by atoms with E-state index in [1.807, 2.05) is 37.3 Å². The molecule has 1 N–H and O–H groups in total. The molecule has 7 heteroatoms. The Morgan fingerprint density at radius 1 is 1.29 bits per heavy atom. The van der Waals surface area contributed by atoms with Gasteiger partial charge in [0, 0.05) is 25.9 Å². The Morgan fingerprint density at radius 3 is 2.96 bits per heavy atom. The summed E-state index contributed by atoms with van der Waals surface area (Å²) in [6.45, 7) is 4.40. The van der Waals surface area contributed by atoms with Gasteiger partial charge in [0.25, 0.3) is 0 Å². The highest BCUT2D eigenvalue weighted by Crippen LogP contribution is 2.14. The van der Waals surface area contributed by atoms with E-state index < -0.39 is 0 Å². The summed E-state index contributed by atoms with van der Waals surface area (Å²) in [5.41, 5.74) is 3.54. The van der Waals surface area contributed by atoms with Crippen LogP contribution < -0.4 is 11.0 Å². The number of pyridine rings is 1. The molecule has 1 atom stereocenters. The number of amides is 1. The molecule has 7 nitrogen and oxygen atoms in total. The number of ether oxygens (including phenoxy) is 1. The van der Waals surface area contributed by atoms with E-state index >= 15 is 0 Å². The quantitative estimate of drug-likeness (QED) is 0.706. The summed E-state index contributed by atoms with van der Waals surface area (Å²) >= 11 is 0. The number of rotatable bonds is 6. The number of fused-ring (bicyclic) bond motifs is 1.